The summed E-state index contributed by atoms with van der Waals surface area (Å²) in [6, 6.07) is 0.917. The van der Waals surface area contributed by atoms with E-state index in [4.69, 9.17) is 9.97 Å². The molecule has 0 bridgehead atoms. The third kappa shape index (κ3) is 5.42. The average molecular weight is 417 g/mol. The van der Waals surface area contributed by atoms with Crippen molar-refractivity contribution < 1.29 is 4.79 Å². The van der Waals surface area contributed by atoms with Gasteiger partial charge in [0.05, 0.1) is 18.1 Å². The van der Waals surface area contributed by atoms with Gasteiger partial charge in [-0.1, -0.05) is 27.7 Å². The number of hydrogen-bond acceptors (Lipinski definition) is 6. The van der Waals surface area contributed by atoms with E-state index in [0.29, 0.717) is 30.3 Å². The lowest BCUT2D eigenvalue weighted by Crippen LogP contribution is -2.58. The molecule has 0 N–H and O–H groups in total. The fourth-order valence-corrected chi connectivity index (χ4v) is 4.64. The van der Waals surface area contributed by atoms with Crippen molar-refractivity contribution >= 4 is 17.5 Å². The highest BCUT2D eigenvalue weighted by molar-refractivity contribution is 5.76. The zero-order valence-electron chi connectivity index (χ0n) is 19.5. The summed E-state index contributed by atoms with van der Waals surface area (Å²) in [6.45, 7) is 14.2. The Morgan fingerprint density at radius 3 is 2.10 bits per heavy atom. The zero-order chi connectivity index (χ0) is 21.7. The summed E-state index contributed by atoms with van der Waals surface area (Å²) < 4.78 is 0. The van der Waals surface area contributed by atoms with E-state index in [1.165, 1.54) is 0 Å². The number of carbonyl (C=O) groups excluding carboxylic acids is 1. The maximum absolute atomic E-state index is 12.4. The molecule has 2 atom stereocenters. The Morgan fingerprint density at radius 1 is 1.03 bits per heavy atom. The minimum atomic E-state index is 0.293. The fraction of sp³-hybridized carbons (Fsp3) is 0.783. The lowest BCUT2D eigenvalue weighted by atomic mass is 10.0. The fourth-order valence-electron chi connectivity index (χ4n) is 4.64. The second-order valence-electron chi connectivity index (χ2n) is 9.29. The number of hydrogen-bond donors (Lipinski definition) is 0. The molecule has 1 aromatic rings. The van der Waals surface area contributed by atoms with Crippen LogP contribution in [-0.2, 0) is 4.79 Å². The molecule has 168 valence electrons. The lowest BCUT2D eigenvalue weighted by molar-refractivity contribution is -0.131. The maximum atomic E-state index is 12.4. The molecule has 0 radical (unpaired) electrons. The molecule has 1 amide bonds. The number of amides is 1. The highest BCUT2D eigenvalue weighted by Crippen LogP contribution is 2.25. The Kier molecular flexibility index (Phi) is 7.92. The minimum absolute atomic E-state index is 0.293. The van der Waals surface area contributed by atoms with Crippen LogP contribution in [0.5, 0.6) is 0 Å². The van der Waals surface area contributed by atoms with Gasteiger partial charge in [0, 0.05) is 57.8 Å². The van der Waals surface area contributed by atoms with Crippen molar-refractivity contribution in [2.45, 2.75) is 65.5 Å². The van der Waals surface area contributed by atoms with Crippen LogP contribution in [0.15, 0.2) is 12.4 Å². The second-order valence-corrected chi connectivity index (χ2v) is 9.29. The van der Waals surface area contributed by atoms with E-state index in [1.54, 1.807) is 0 Å². The first-order valence-electron chi connectivity index (χ1n) is 11.7. The van der Waals surface area contributed by atoms with Crippen LogP contribution in [0.4, 0.5) is 11.6 Å². The number of nitrogens with zero attached hydrogens (tertiary/aromatic N) is 6. The molecule has 2 aliphatic heterocycles. The third-order valence-electron chi connectivity index (χ3n) is 6.56. The maximum Gasteiger partial charge on any atom is 0.225 e. The van der Waals surface area contributed by atoms with Crippen LogP contribution >= 0.6 is 0 Å². The Hall–Kier alpha value is -1.89. The topological polar surface area (TPSA) is 55.8 Å². The zero-order valence-corrected chi connectivity index (χ0v) is 19.5. The van der Waals surface area contributed by atoms with Gasteiger partial charge in [-0.3, -0.25) is 4.79 Å². The van der Waals surface area contributed by atoms with E-state index in [0.717, 1.165) is 70.2 Å². The molecule has 0 saturated carbocycles. The summed E-state index contributed by atoms with van der Waals surface area (Å²) >= 11 is 0. The van der Waals surface area contributed by atoms with Crippen LogP contribution in [-0.4, -0.2) is 84.1 Å². The van der Waals surface area contributed by atoms with E-state index >= 15 is 0 Å². The van der Waals surface area contributed by atoms with E-state index in [1.807, 2.05) is 17.3 Å². The Bertz CT molecular complexity index is 657. The summed E-state index contributed by atoms with van der Waals surface area (Å²) in [6.07, 6.45) is 7.76. The van der Waals surface area contributed by atoms with Crippen molar-refractivity contribution in [2.24, 2.45) is 5.92 Å². The molecular formula is C23H40N6O. The van der Waals surface area contributed by atoms with Crippen molar-refractivity contribution in [1.82, 2.24) is 19.8 Å². The highest BCUT2D eigenvalue weighted by atomic mass is 16.2. The summed E-state index contributed by atoms with van der Waals surface area (Å²) in [5, 5.41) is 0. The Morgan fingerprint density at radius 2 is 1.60 bits per heavy atom. The Balaban J connectivity index is 1.60. The second kappa shape index (κ2) is 10.4. The van der Waals surface area contributed by atoms with Crippen molar-refractivity contribution in [1.29, 1.82) is 0 Å². The molecule has 7 nitrogen and oxygen atoms in total. The van der Waals surface area contributed by atoms with Gasteiger partial charge in [0.1, 0.15) is 0 Å². The van der Waals surface area contributed by atoms with Crippen molar-refractivity contribution in [2.75, 3.05) is 56.1 Å². The van der Waals surface area contributed by atoms with Gasteiger partial charge in [-0.05, 0) is 32.2 Å². The van der Waals surface area contributed by atoms with Crippen LogP contribution in [0.25, 0.3) is 0 Å². The number of piperazine rings is 2. The number of anilines is 2. The van der Waals surface area contributed by atoms with Crippen molar-refractivity contribution in [3.05, 3.63) is 12.4 Å². The molecule has 1 aromatic heterocycles. The average Bonchev–Trinajstić information content (AvgIpc) is 2.77. The van der Waals surface area contributed by atoms with Gasteiger partial charge in [-0.15, -0.1) is 0 Å². The normalized spacial score (nSPS) is 23.3. The molecule has 2 unspecified atom stereocenters. The van der Waals surface area contributed by atoms with E-state index in [-0.39, 0.29) is 0 Å². The van der Waals surface area contributed by atoms with Gasteiger partial charge >= 0.3 is 0 Å². The molecule has 7 heteroatoms. The van der Waals surface area contributed by atoms with Gasteiger partial charge in [-0.25, -0.2) is 9.97 Å². The van der Waals surface area contributed by atoms with Crippen LogP contribution in [0.1, 0.15) is 53.4 Å². The summed E-state index contributed by atoms with van der Waals surface area (Å²) in [5.41, 5.74) is 1.06. The summed E-state index contributed by atoms with van der Waals surface area (Å²) in [4.78, 5) is 31.1. The van der Waals surface area contributed by atoms with Crippen LogP contribution < -0.4 is 9.80 Å². The van der Waals surface area contributed by atoms with Gasteiger partial charge in [0.2, 0.25) is 11.9 Å². The van der Waals surface area contributed by atoms with Crippen LogP contribution in [0.3, 0.4) is 0 Å². The van der Waals surface area contributed by atoms with E-state index in [2.05, 4.69) is 49.4 Å². The largest absolute Gasteiger partial charge is 0.365 e. The summed E-state index contributed by atoms with van der Waals surface area (Å²) in [5.74, 6) is 1.72. The van der Waals surface area contributed by atoms with Crippen LogP contribution in [0, 0.1) is 5.92 Å². The van der Waals surface area contributed by atoms with E-state index in [9.17, 15) is 4.79 Å². The number of likely N-dealkylation sites (N-methyl/N-ethyl adjacent to an activating group) is 1. The van der Waals surface area contributed by atoms with Gasteiger partial charge < -0.3 is 19.6 Å². The summed E-state index contributed by atoms with van der Waals surface area (Å²) in [7, 11) is 2.21. The molecule has 0 spiro atoms. The van der Waals surface area contributed by atoms with Crippen LogP contribution in [0.2, 0.25) is 0 Å². The first-order valence-corrected chi connectivity index (χ1v) is 11.7. The number of rotatable bonds is 7. The van der Waals surface area contributed by atoms with Gasteiger partial charge in [0.25, 0.3) is 0 Å². The number of carbonyl (C=O) groups is 1. The van der Waals surface area contributed by atoms with Gasteiger partial charge in [-0.2, -0.15) is 0 Å². The lowest BCUT2D eigenvalue weighted by Gasteiger charge is -2.45. The van der Waals surface area contributed by atoms with Crippen molar-refractivity contribution in [3.63, 3.8) is 0 Å². The molecular weight excluding hydrogens is 376 g/mol. The first kappa shape index (κ1) is 22.8. The molecule has 30 heavy (non-hydrogen) atoms. The standard InChI is InChI=1S/C23H40N6O/c1-6-19-16-26(5)17-20(7-2)29(19)23-24-14-21(15-25-23)27-10-12-28(13-11-27)22(30)9-8-18(3)4/h14-15,18-20H,6-13,16-17H2,1-5H3. The molecule has 0 aromatic carbocycles. The first-order chi connectivity index (χ1) is 14.4. The molecule has 3 rings (SSSR count). The SMILES string of the molecule is CCC1CN(C)CC(CC)N1c1ncc(N2CCN(C(=O)CCC(C)C)CC2)cn1. The quantitative estimate of drug-likeness (QED) is 0.681. The molecule has 0 aliphatic carbocycles. The molecule has 2 aliphatic rings. The predicted molar refractivity (Wildman–Crippen MR) is 123 cm³/mol. The van der Waals surface area contributed by atoms with E-state index < -0.39 is 0 Å². The minimum Gasteiger partial charge on any atom is -0.365 e. The smallest absolute Gasteiger partial charge is 0.225 e. The molecule has 3 heterocycles. The van der Waals surface area contributed by atoms with Gasteiger partial charge in [0.15, 0.2) is 0 Å². The van der Waals surface area contributed by atoms with Crippen molar-refractivity contribution in [3.8, 4) is 0 Å². The number of aromatic nitrogens is 2. The molecule has 2 fully saturated rings. The predicted octanol–water partition coefficient (Wildman–Crippen LogP) is 2.87. The third-order valence-corrected chi connectivity index (χ3v) is 6.56. The monoisotopic (exact) mass is 416 g/mol. The highest BCUT2D eigenvalue weighted by Gasteiger charge is 2.33. The molecule has 2 saturated heterocycles. The Labute approximate surface area is 182 Å².